The van der Waals surface area contributed by atoms with Gasteiger partial charge in [-0.05, 0) is 36.2 Å². The molecule has 4 heteroatoms. The third kappa shape index (κ3) is 2.68. The Kier molecular flexibility index (Phi) is 3.20. The number of aryl methyl sites for hydroxylation is 1. The maximum absolute atomic E-state index is 11.4. The average molecular weight is 250 g/mol. The summed E-state index contributed by atoms with van der Waals surface area (Å²) in [6, 6.07) is 10.5. The Morgan fingerprint density at radius 3 is 2.76 bits per heavy atom. The van der Waals surface area contributed by atoms with Crippen LogP contribution < -0.4 is 5.56 Å². The van der Waals surface area contributed by atoms with E-state index >= 15 is 0 Å². The van der Waals surface area contributed by atoms with Crippen LogP contribution in [0.4, 0.5) is 0 Å². The van der Waals surface area contributed by atoms with Gasteiger partial charge < -0.3 is 5.21 Å². The molecule has 0 radical (unpaired) electrons. The minimum atomic E-state index is -0.415. The highest BCUT2D eigenvalue weighted by atomic mass is 35.5. The number of benzene rings is 1. The fourth-order valence-electron chi connectivity index (χ4n) is 1.75. The van der Waals surface area contributed by atoms with E-state index in [1.54, 1.807) is 12.1 Å². The van der Waals surface area contributed by atoms with Crippen molar-refractivity contribution in [2.45, 2.75) is 13.3 Å². The molecule has 1 N–H and O–H groups in total. The Bertz CT molecular complexity index is 605. The first-order valence-electron chi connectivity index (χ1n) is 5.22. The molecule has 0 bridgehead atoms. The highest BCUT2D eigenvalue weighted by Crippen LogP contribution is 2.14. The fraction of sp³-hybridized carbons (Fsp3) is 0.154. The van der Waals surface area contributed by atoms with Gasteiger partial charge in [0.2, 0.25) is 0 Å². The molecular weight excluding hydrogens is 238 g/mol. The van der Waals surface area contributed by atoms with Gasteiger partial charge in [-0.1, -0.05) is 23.7 Å². The molecule has 0 aliphatic carbocycles. The van der Waals surface area contributed by atoms with Crippen molar-refractivity contribution >= 4 is 11.6 Å². The number of halogens is 1. The summed E-state index contributed by atoms with van der Waals surface area (Å²) in [6.07, 6.45) is 0.466. The van der Waals surface area contributed by atoms with Crippen LogP contribution in [0, 0.1) is 6.92 Å². The largest absolute Gasteiger partial charge is 0.425 e. The molecule has 0 saturated heterocycles. The summed E-state index contributed by atoms with van der Waals surface area (Å²) < 4.78 is 0.675. The number of rotatable bonds is 2. The Hall–Kier alpha value is -1.74. The summed E-state index contributed by atoms with van der Waals surface area (Å²) in [6.45, 7) is 1.82. The van der Waals surface area contributed by atoms with Crippen LogP contribution in [0.1, 0.15) is 16.8 Å². The van der Waals surface area contributed by atoms with E-state index in [1.807, 2.05) is 25.1 Å². The van der Waals surface area contributed by atoms with Gasteiger partial charge in [-0.3, -0.25) is 4.79 Å². The van der Waals surface area contributed by atoms with Crippen molar-refractivity contribution in [2.24, 2.45) is 0 Å². The van der Waals surface area contributed by atoms with Crippen molar-refractivity contribution in [3.63, 3.8) is 0 Å². The van der Waals surface area contributed by atoms with Crippen molar-refractivity contribution in [3.8, 4) is 0 Å². The summed E-state index contributed by atoms with van der Waals surface area (Å²) in [7, 11) is 0. The smallest absolute Gasteiger partial charge is 0.283 e. The zero-order chi connectivity index (χ0) is 12.4. The SMILES string of the molecule is Cc1cc(Cc2cccc(Cl)c2)n(O)c(=O)c1. The van der Waals surface area contributed by atoms with E-state index in [4.69, 9.17) is 11.6 Å². The number of hydrogen-bond acceptors (Lipinski definition) is 2. The van der Waals surface area contributed by atoms with Crippen molar-refractivity contribution in [1.82, 2.24) is 4.73 Å². The molecule has 1 heterocycles. The van der Waals surface area contributed by atoms with Gasteiger partial charge in [0.15, 0.2) is 0 Å². The van der Waals surface area contributed by atoms with Crippen LogP contribution in [0.5, 0.6) is 0 Å². The van der Waals surface area contributed by atoms with Crippen molar-refractivity contribution < 1.29 is 5.21 Å². The van der Waals surface area contributed by atoms with Gasteiger partial charge in [-0.2, -0.15) is 4.73 Å². The Labute approximate surface area is 104 Å². The highest BCUT2D eigenvalue weighted by Gasteiger charge is 2.05. The summed E-state index contributed by atoms with van der Waals surface area (Å²) in [5.41, 5.74) is 1.92. The van der Waals surface area contributed by atoms with Crippen LogP contribution in [0.2, 0.25) is 5.02 Å². The van der Waals surface area contributed by atoms with Gasteiger partial charge in [-0.15, -0.1) is 0 Å². The monoisotopic (exact) mass is 249 g/mol. The molecule has 0 spiro atoms. The molecule has 2 aromatic rings. The second-order valence-electron chi connectivity index (χ2n) is 3.98. The van der Waals surface area contributed by atoms with Crippen LogP contribution in [-0.4, -0.2) is 9.94 Å². The lowest BCUT2D eigenvalue weighted by Crippen LogP contribution is -2.21. The average Bonchev–Trinajstić information content (AvgIpc) is 2.25. The third-order valence-corrected chi connectivity index (χ3v) is 2.74. The van der Waals surface area contributed by atoms with Gasteiger partial charge in [0, 0.05) is 17.5 Å². The Morgan fingerprint density at radius 2 is 2.06 bits per heavy atom. The topological polar surface area (TPSA) is 42.2 Å². The lowest BCUT2D eigenvalue weighted by molar-refractivity contribution is 0.166. The molecule has 3 nitrogen and oxygen atoms in total. The summed E-state index contributed by atoms with van der Waals surface area (Å²) in [5.74, 6) is 0. The summed E-state index contributed by atoms with van der Waals surface area (Å²) in [4.78, 5) is 11.4. The molecular formula is C13H12ClNO2. The number of nitrogens with zero attached hydrogens (tertiary/aromatic N) is 1. The minimum absolute atomic E-state index is 0.415. The molecule has 17 heavy (non-hydrogen) atoms. The van der Waals surface area contributed by atoms with E-state index in [1.165, 1.54) is 6.07 Å². The van der Waals surface area contributed by atoms with Crippen molar-refractivity contribution in [1.29, 1.82) is 0 Å². The van der Waals surface area contributed by atoms with Crippen LogP contribution in [0.15, 0.2) is 41.2 Å². The van der Waals surface area contributed by atoms with Crippen LogP contribution in [0.3, 0.4) is 0 Å². The van der Waals surface area contributed by atoms with Gasteiger partial charge >= 0.3 is 0 Å². The quantitative estimate of drug-likeness (QED) is 0.832. The normalized spacial score (nSPS) is 10.5. The van der Waals surface area contributed by atoms with E-state index in [9.17, 15) is 10.0 Å². The van der Waals surface area contributed by atoms with Crippen LogP contribution in [-0.2, 0) is 6.42 Å². The summed E-state index contributed by atoms with van der Waals surface area (Å²) >= 11 is 5.88. The number of aromatic nitrogens is 1. The molecule has 0 fully saturated rings. The molecule has 0 aliphatic rings. The van der Waals surface area contributed by atoms with E-state index in [-0.39, 0.29) is 0 Å². The summed E-state index contributed by atoms with van der Waals surface area (Å²) in [5, 5.41) is 10.3. The third-order valence-electron chi connectivity index (χ3n) is 2.50. The lowest BCUT2D eigenvalue weighted by Gasteiger charge is -2.07. The highest BCUT2D eigenvalue weighted by molar-refractivity contribution is 6.30. The molecule has 0 saturated carbocycles. The number of pyridine rings is 1. The fourth-order valence-corrected chi connectivity index (χ4v) is 1.96. The molecule has 2 rings (SSSR count). The van der Waals surface area contributed by atoms with Crippen LogP contribution >= 0.6 is 11.6 Å². The van der Waals surface area contributed by atoms with E-state index < -0.39 is 5.56 Å². The van der Waals surface area contributed by atoms with Gasteiger partial charge in [-0.25, -0.2) is 0 Å². The zero-order valence-corrected chi connectivity index (χ0v) is 10.1. The Morgan fingerprint density at radius 1 is 1.29 bits per heavy atom. The molecule has 0 aliphatic heterocycles. The van der Waals surface area contributed by atoms with Gasteiger partial charge in [0.1, 0.15) is 0 Å². The molecule has 1 aromatic carbocycles. The van der Waals surface area contributed by atoms with E-state index in [0.29, 0.717) is 21.9 Å². The zero-order valence-electron chi connectivity index (χ0n) is 9.35. The first kappa shape index (κ1) is 11.7. The number of hydrogen-bond donors (Lipinski definition) is 1. The van der Waals surface area contributed by atoms with E-state index in [2.05, 4.69) is 0 Å². The predicted octanol–water partition coefficient (Wildman–Crippen LogP) is 2.64. The second-order valence-corrected chi connectivity index (χ2v) is 4.42. The standard InChI is InChI=1S/C13H12ClNO2/c1-9-5-12(15(17)13(16)6-9)8-10-3-2-4-11(14)7-10/h2-7,17H,8H2,1H3. The first-order valence-corrected chi connectivity index (χ1v) is 5.60. The first-order chi connectivity index (χ1) is 8.06. The lowest BCUT2D eigenvalue weighted by atomic mass is 10.1. The maximum Gasteiger partial charge on any atom is 0.283 e. The minimum Gasteiger partial charge on any atom is -0.425 e. The van der Waals surface area contributed by atoms with E-state index in [0.717, 1.165) is 11.1 Å². The van der Waals surface area contributed by atoms with Gasteiger partial charge in [0.05, 0.1) is 5.69 Å². The molecule has 1 aromatic heterocycles. The maximum atomic E-state index is 11.4. The molecule has 88 valence electrons. The van der Waals surface area contributed by atoms with Crippen LogP contribution in [0.25, 0.3) is 0 Å². The van der Waals surface area contributed by atoms with Gasteiger partial charge in [0.25, 0.3) is 5.56 Å². The van der Waals surface area contributed by atoms with Crippen molar-refractivity contribution in [2.75, 3.05) is 0 Å². The van der Waals surface area contributed by atoms with Crippen molar-refractivity contribution in [3.05, 3.63) is 68.6 Å². The second kappa shape index (κ2) is 4.63. The predicted molar refractivity (Wildman–Crippen MR) is 66.9 cm³/mol. The molecule has 0 atom stereocenters. The molecule has 0 amide bonds. The Balaban J connectivity index is 2.39. The molecule has 0 unspecified atom stereocenters.